The second kappa shape index (κ2) is 8.88. The van der Waals surface area contributed by atoms with E-state index >= 15 is 0 Å². The molecule has 0 spiro atoms. The van der Waals surface area contributed by atoms with Crippen molar-refractivity contribution >= 4 is 23.2 Å². The molecule has 1 aliphatic rings. The van der Waals surface area contributed by atoms with E-state index in [9.17, 15) is 5.11 Å². The number of hydrogen-bond acceptors (Lipinski definition) is 3. The highest BCUT2D eigenvalue weighted by molar-refractivity contribution is 6.35. The zero-order valence-electron chi connectivity index (χ0n) is 20.0. The van der Waals surface area contributed by atoms with Crippen molar-refractivity contribution in [2.45, 2.75) is 77.7 Å². The van der Waals surface area contributed by atoms with Crippen LogP contribution in [0.1, 0.15) is 77.8 Å². The van der Waals surface area contributed by atoms with Gasteiger partial charge in [-0.15, -0.1) is 0 Å². The standard InChI is InChI=1S/C27H32Cl2N2O2/c1-6-7-8-9-12-26(2,3)17-13-22(32)24-23(14-17)33-27(4,5)19-16-30-31(25(19)24)21-11-10-18(28)15-20(21)29/h10-11,13-16,32H,6-9,12H2,1-5H3. The van der Waals surface area contributed by atoms with E-state index in [-0.39, 0.29) is 11.2 Å². The van der Waals surface area contributed by atoms with Gasteiger partial charge >= 0.3 is 0 Å². The number of phenols is 1. The van der Waals surface area contributed by atoms with Crippen LogP contribution >= 0.6 is 23.2 Å². The van der Waals surface area contributed by atoms with E-state index in [1.807, 2.05) is 26.0 Å². The van der Waals surface area contributed by atoms with Gasteiger partial charge in [0.2, 0.25) is 0 Å². The van der Waals surface area contributed by atoms with Crippen molar-refractivity contribution in [2.75, 3.05) is 0 Å². The van der Waals surface area contributed by atoms with Gasteiger partial charge in [-0.1, -0.05) is 69.7 Å². The lowest BCUT2D eigenvalue weighted by molar-refractivity contribution is 0.105. The molecule has 176 valence electrons. The van der Waals surface area contributed by atoms with Gasteiger partial charge in [0.15, 0.2) is 0 Å². The normalized spacial score (nSPS) is 14.5. The summed E-state index contributed by atoms with van der Waals surface area (Å²) in [7, 11) is 0. The Labute approximate surface area is 206 Å². The molecule has 4 nitrogen and oxygen atoms in total. The van der Waals surface area contributed by atoms with Crippen molar-refractivity contribution in [1.82, 2.24) is 9.78 Å². The molecule has 1 N–H and O–H groups in total. The largest absolute Gasteiger partial charge is 0.507 e. The van der Waals surface area contributed by atoms with Crippen LogP contribution in [-0.4, -0.2) is 14.9 Å². The molecular formula is C27H32Cl2N2O2. The van der Waals surface area contributed by atoms with Crippen LogP contribution in [0.15, 0.2) is 36.5 Å². The minimum absolute atomic E-state index is 0.0756. The highest BCUT2D eigenvalue weighted by Crippen LogP contribution is 2.51. The Balaban J connectivity index is 1.82. The van der Waals surface area contributed by atoms with Crippen molar-refractivity contribution in [3.8, 4) is 28.4 Å². The van der Waals surface area contributed by atoms with E-state index in [4.69, 9.17) is 27.9 Å². The van der Waals surface area contributed by atoms with Crippen LogP contribution in [0.25, 0.3) is 16.9 Å². The summed E-state index contributed by atoms with van der Waals surface area (Å²) < 4.78 is 8.21. The fraction of sp³-hybridized carbons (Fsp3) is 0.444. The Morgan fingerprint density at radius 2 is 1.85 bits per heavy atom. The summed E-state index contributed by atoms with van der Waals surface area (Å²) in [6.07, 6.45) is 7.70. The first-order chi connectivity index (χ1) is 15.5. The molecule has 0 atom stereocenters. The third-order valence-corrected chi connectivity index (χ3v) is 7.21. The smallest absolute Gasteiger partial charge is 0.134 e. The first-order valence-electron chi connectivity index (χ1n) is 11.7. The number of benzene rings is 2. The molecule has 0 unspecified atom stereocenters. The van der Waals surface area contributed by atoms with E-state index in [0.29, 0.717) is 27.0 Å². The SMILES string of the molecule is CCCCCCC(C)(C)c1cc(O)c2c(c1)OC(C)(C)c1cnn(-c3ccc(Cl)cc3Cl)c1-2. The second-order valence-electron chi connectivity index (χ2n) is 10.1. The summed E-state index contributed by atoms with van der Waals surface area (Å²) >= 11 is 12.6. The molecule has 1 aromatic heterocycles. The topological polar surface area (TPSA) is 47.3 Å². The molecule has 0 saturated carbocycles. The van der Waals surface area contributed by atoms with Gasteiger partial charge in [0.1, 0.15) is 17.1 Å². The summed E-state index contributed by atoms with van der Waals surface area (Å²) in [6, 6.07) is 9.28. The average Bonchev–Trinajstić information content (AvgIpc) is 3.16. The third kappa shape index (κ3) is 4.48. The van der Waals surface area contributed by atoms with Crippen LogP contribution < -0.4 is 4.74 Å². The first-order valence-corrected chi connectivity index (χ1v) is 12.4. The van der Waals surface area contributed by atoms with E-state index in [1.165, 1.54) is 19.3 Å². The van der Waals surface area contributed by atoms with Crippen LogP contribution in [0.2, 0.25) is 10.0 Å². The number of hydrogen-bond donors (Lipinski definition) is 1. The van der Waals surface area contributed by atoms with Gasteiger partial charge in [-0.25, -0.2) is 4.68 Å². The number of rotatable bonds is 7. The molecule has 4 rings (SSSR count). The number of phenolic OH excluding ortho intramolecular Hbond substituents is 1. The lowest BCUT2D eigenvalue weighted by Gasteiger charge is -2.35. The molecule has 1 aliphatic heterocycles. The molecular weight excluding hydrogens is 455 g/mol. The average molecular weight is 487 g/mol. The molecule has 0 radical (unpaired) electrons. The first kappa shape index (κ1) is 24.0. The minimum Gasteiger partial charge on any atom is -0.507 e. The number of fused-ring (bicyclic) bond motifs is 3. The zero-order valence-corrected chi connectivity index (χ0v) is 21.5. The molecule has 0 fully saturated rings. The van der Waals surface area contributed by atoms with E-state index < -0.39 is 5.60 Å². The maximum absolute atomic E-state index is 11.3. The Bertz CT molecular complexity index is 1180. The third-order valence-electron chi connectivity index (χ3n) is 6.68. The van der Waals surface area contributed by atoms with Crippen LogP contribution in [0, 0.1) is 0 Å². The maximum atomic E-state index is 11.3. The number of aromatic nitrogens is 2. The van der Waals surface area contributed by atoms with E-state index in [2.05, 4.69) is 31.9 Å². The molecule has 0 amide bonds. The van der Waals surface area contributed by atoms with Crippen molar-refractivity contribution in [3.05, 3.63) is 57.7 Å². The van der Waals surface area contributed by atoms with Crippen LogP contribution in [-0.2, 0) is 11.0 Å². The number of halogens is 2. The highest BCUT2D eigenvalue weighted by atomic mass is 35.5. The van der Waals surface area contributed by atoms with Gasteiger partial charge in [-0.05, 0) is 61.6 Å². The van der Waals surface area contributed by atoms with Gasteiger partial charge in [0.25, 0.3) is 0 Å². The summed E-state index contributed by atoms with van der Waals surface area (Å²) in [6.45, 7) is 10.7. The van der Waals surface area contributed by atoms with Crippen molar-refractivity contribution < 1.29 is 9.84 Å². The van der Waals surface area contributed by atoms with Crippen LogP contribution in [0.4, 0.5) is 0 Å². The Hall–Kier alpha value is -2.17. The van der Waals surface area contributed by atoms with Crippen LogP contribution in [0.3, 0.4) is 0 Å². The monoisotopic (exact) mass is 486 g/mol. The summed E-state index contributed by atoms with van der Waals surface area (Å²) in [4.78, 5) is 0. The van der Waals surface area contributed by atoms with Gasteiger partial charge < -0.3 is 9.84 Å². The molecule has 0 aliphatic carbocycles. The van der Waals surface area contributed by atoms with Crippen molar-refractivity contribution in [3.63, 3.8) is 0 Å². The predicted octanol–water partition coefficient (Wildman–Crippen LogP) is 8.43. The molecule has 2 heterocycles. The number of ether oxygens (including phenoxy) is 1. The van der Waals surface area contributed by atoms with Gasteiger partial charge in [-0.2, -0.15) is 5.10 Å². The fourth-order valence-corrected chi connectivity index (χ4v) is 5.13. The minimum atomic E-state index is -0.615. The summed E-state index contributed by atoms with van der Waals surface area (Å²) in [5, 5.41) is 16.9. The molecule has 0 bridgehead atoms. The maximum Gasteiger partial charge on any atom is 0.134 e. The molecule has 2 aromatic carbocycles. The number of aromatic hydroxyl groups is 1. The van der Waals surface area contributed by atoms with Crippen LogP contribution in [0.5, 0.6) is 11.5 Å². The Morgan fingerprint density at radius 1 is 1.09 bits per heavy atom. The van der Waals surface area contributed by atoms with Gasteiger partial charge in [0, 0.05) is 10.6 Å². The Kier molecular flexibility index (Phi) is 6.45. The molecule has 0 saturated heterocycles. The summed E-state index contributed by atoms with van der Waals surface area (Å²) in [5.74, 6) is 0.851. The number of unbranched alkanes of at least 4 members (excludes halogenated alkanes) is 3. The molecule has 3 aromatic rings. The van der Waals surface area contributed by atoms with E-state index in [1.54, 1.807) is 23.0 Å². The zero-order chi connectivity index (χ0) is 24.0. The molecule has 33 heavy (non-hydrogen) atoms. The summed E-state index contributed by atoms with van der Waals surface area (Å²) in [5.41, 5.74) is 3.40. The van der Waals surface area contributed by atoms with Crippen molar-refractivity contribution in [2.24, 2.45) is 0 Å². The van der Waals surface area contributed by atoms with Gasteiger partial charge in [0.05, 0.1) is 28.2 Å². The fourth-order valence-electron chi connectivity index (χ4n) is 4.64. The highest BCUT2D eigenvalue weighted by Gasteiger charge is 2.39. The van der Waals surface area contributed by atoms with Gasteiger partial charge in [-0.3, -0.25) is 0 Å². The number of nitrogens with zero attached hydrogens (tertiary/aromatic N) is 2. The quantitative estimate of drug-likeness (QED) is 0.340. The lowest BCUT2D eigenvalue weighted by atomic mass is 9.78. The Morgan fingerprint density at radius 3 is 2.55 bits per heavy atom. The van der Waals surface area contributed by atoms with Crippen molar-refractivity contribution in [1.29, 1.82) is 0 Å². The predicted molar refractivity (Wildman–Crippen MR) is 136 cm³/mol. The lowest BCUT2D eigenvalue weighted by Crippen LogP contribution is -2.29. The second-order valence-corrected chi connectivity index (χ2v) is 10.9. The molecule has 6 heteroatoms. The van der Waals surface area contributed by atoms with E-state index in [0.717, 1.165) is 29.7 Å².